The number of aliphatic hydroxyl groups is 3. The van der Waals surface area contributed by atoms with Gasteiger partial charge >= 0.3 is 0 Å². The Hall–Kier alpha value is -0.160. The molecule has 0 spiro atoms. The van der Waals surface area contributed by atoms with Gasteiger partial charge < -0.3 is 20.6 Å². The summed E-state index contributed by atoms with van der Waals surface area (Å²) in [5.74, 6) is 0. The highest BCUT2D eigenvalue weighted by Crippen LogP contribution is 1.96. The van der Waals surface area contributed by atoms with Crippen LogP contribution in [0.15, 0.2) is 0 Å². The molecule has 0 heterocycles. The van der Waals surface area contributed by atoms with Crippen LogP contribution in [0.5, 0.6) is 0 Å². The van der Waals surface area contributed by atoms with Crippen LogP contribution in [0.25, 0.3) is 0 Å². The summed E-state index contributed by atoms with van der Waals surface area (Å²) in [6, 6.07) is 0. The summed E-state index contributed by atoms with van der Waals surface area (Å²) in [7, 11) is 0. The Morgan fingerprint density at radius 1 is 0.786 bits per heavy atom. The third kappa shape index (κ3) is 22.6. The van der Waals surface area contributed by atoms with E-state index in [0.717, 1.165) is 38.8 Å². The SMILES string of the molecule is CCNCCO.OCCCCCCO. The van der Waals surface area contributed by atoms with E-state index in [9.17, 15) is 0 Å². The Bertz CT molecular complexity index is 71.8. The Kier molecular flexibility index (Phi) is 21.6. The van der Waals surface area contributed by atoms with Crippen molar-refractivity contribution in [1.29, 1.82) is 0 Å². The zero-order valence-corrected chi connectivity index (χ0v) is 9.21. The first-order valence-electron chi connectivity index (χ1n) is 5.36. The number of unbranched alkanes of at least 4 members (excludes halogenated alkanes) is 3. The van der Waals surface area contributed by atoms with Crippen molar-refractivity contribution < 1.29 is 15.3 Å². The van der Waals surface area contributed by atoms with Crippen molar-refractivity contribution >= 4 is 0 Å². The van der Waals surface area contributed by atoms with Crippen molar-refractivity contribution in [2.24, 2.45) is 0 Å². The smallest absolute Gasteiger partial charge is 0.0555 e. The van der Waals surface area contributed by atoms with Crippen LogP contribution in [0.2, 0.25) is 0 Å². The van der Waals surface area contributed by atoms with Crippen LogP contribution in [0.4, 0.5) is 0 Å². The van der Waals surface area contributed by atoms with Crippen LogP contribution in [0.1, 0.15) is 32.6 Å². The molecule has 0 saturated heterocycles. The van der Waals surface area contributed by atoms with E-state index in [1.807, 2.05) is 6.92 Å². The summed E-state index contributed by atoms with van der Waals surface area (Å²) >= 11 is 0. The molecule has 0 fully saturated rings. The van der Waals surface area contributed by atoms with E-state index < -0.39 is 0 Å². The van der Waals surface area contributed by atoms with Crippen molar-refractivity contribution in [3.63, 3.8) is 0 Å². The topological polar surface area (TPSA) is 72.7 Å². The van der Waals surface area contributed by atoms with Crippen LogP contribution in [-0.4, -0.2) is 48.2 Å². The summed E-state index contributed by atoms with van der Waals surface area (Å²) < 4.78 is 0. The zero-order chi connectivity index (χ0) is 11.1. The number of aliphatic hydroxyl groups excluding tert-OH is 3. The molecule has 0 aromatic rings. The van der Waals surface area contributed by atoms with Gasteiger partial charge in [-0.25, -0.2) is 0 Å². The number of rotatable bonds is 8. The number of likely N-dealkylation sites (N-methyl/N-ethyl adjacent to an activating group) is 1. The van der Waals surface area contributed by atoms with Crippen molar-refractivity contribution in [2.45, 2.75) is 32.6 Å². The summed E-state index contributed by atoms with van der Waals surface area (Å²) in [5.41, 5.74) is 0. The quantitative estimate of drug-likeness (QED) is 0.427. The molecule has 0 aliphatic carbocycles. The maximum absolute atomic E-state index is 8.30. The van der Waals surface area contributed by atoms with Crippen LogP contribution < -0.4 is 5.32 Å². The van der Waals surface area contributed by atoms with Crippen molar-refractivity contribution in [2.75, 3.05) is 32.9 Å². The second-order valence-electron chi connectivity index (χ2n) is 2.94. The monoisotopic (exact) mass is 207 g/mol. The van der Waals surface area contributed by atoms with E-state index >= 15 is 0 Å². The molecular formula is C10H25NO3. The van der Waals surface area contributed by atoms with E-state index in [-0.39, 0.29) is 19.8 Å². The van der Waals surface area contributed by atoms with Gasteiger partial charge in [0, 0.05) is 19.8 Å². The predicted molar refractivity (Wildman–Crippen MR) is 58.3 cm³/mol. The lowest BCUT2D eigenvalue weighted by molar-refractivity contribution is 0.265. The molecule has 0 rings (SSSR count). The van der Waals surface area contributed by atoms with Crippen LogP contribution >= 0.6 is 0 Å². The van der Waals surface area contributed by atoms with Gasteiger partial charge in [-0.2, -0.15) is 0 Å². The van der Waals surface area contributed by atoms with E-state index in [2.05, 4.69) is 5.32 Å². The normalized spacial score (nSPS) is 9.43. The number of nitrogens with one attached hydrogen (secondary N) is 1. The molecule has 0 radical (unpaired) electrons. The summed E-state index contributed by atoms with van der Waals surface area (Å²) in [4.78, 5) is 0. The first-order chi connectivity index (χ1) is 6.83. The Morgan fingerprint density at radius 3 is 1.50 bits per heavy atom. The van der Waals surface area contributed by atoms with Crippen LogP contribution in [0.3, 0.4) is 0 Å². The summed E-state index contributed by atoms with van der Waals surface area (Å²) in [6.07, 6.45) is 3.83. The Labute approximate surface area is 87.0 Å². The first-order valence-corrected chi connectivity index (χ1v) is 5.36. The fraction of sp³-hybridized carbons (Fsp3) is 1.00. The van der Waals surface area contributed by atoms with Gasteiger partial charge in [0.25, 0.3) is 0 Å². The fourth-order valence-corrected chi connectivity index (χ4v) is 0.833. The molecule has 4 heteroatoms. The minimum atomic E-state index is 0.244. The highest BCUT2D eigenvalue weighted by molar-refractivity contribution is 4.39. The molecule has 0 amide bonds. The summed E-state index contributed by atoms with van der Waals surface area (Å²) in [5, 5.41) is 27.7. The number of hydrogen-bond acceptors (Lipinski definition) is 4. The second kappa shape index (κ2) is 18.6. The molecule has 4 nitrogen and oxygen atoms in total. The molecule has 0 atom stereocenters. The lowest BCUT2D eigenvalue weighted by Crippen LogP contribution is -2.16. The minimum absolute atomic E-state index is 0.244. The lowest BCUT2D eigenvalue weighted by Gasteiger charge is -1.93. The highest BCUT2D eigenvalue weighted by Gasteiger charge is 1.84. The molecule has 0 aromatic carbocycles. The maximum Gasteiger partial charge on any atom is 0.0555 e. The van der Waals surface area contributed by atoms with Gasteiger partial charge in [0.15, 0.2) is 0 Å². The molecule has 0 unspecified atom stereocenters. The molecule has 4 N–H and O–H groups in total. The van der Waals surface area contributed by atoms with Crippen molar-refractivity contribution in [1.82, 2.24) is 5.32 Å². The van der Waals surface area contributed by atoms with Gasteiger partial charge in [-0.3, -0.25) is 0 Å². The molecular weight excluding hydrogens is 182 g/mol. The van der Waals surface area contributed by atoms with Crippen molar-refractivity contribution in [3.05, 3.63) is 0 Å². The highest BCUT2D eigenvalue weighted by atomic mass is 16.3. The minimum Gasteiger partial charge on any atom is -0.396 e. The second-order valence-corrected chi connectivity index (χ2v) is 2.94. The predicted octanol–water partition coefficient (Wildman–Crippen LogP) is 0.120. The Morgan fingerprint density at radius 2 is 1.29 bits per heavy atom. The van der Waals surface area contributed by atoms with Gasteiger partial charge in [-0.15, -0.1) is 0 Å². The third-order valence-corrected chi connectivity index (χ3v) is 1.60. The van der Waals surface area contributed by atoms with Crippen LogP contribution in [0, 0.1) is 0 Å². The first kappa shape index (κ1) is 16.3. The summed E-state index contributed by atoms with van der Waals surface area (Å²) in [6.45, 7) is 4.48. The maximum atomic E-state index is 8.30. The average molecular weight is 207 g/mol. The molecule has 0 saturated carbocycles. The Balaban J connectivity index is 0. The van der Waals surface area contributed by atoms with Gasteiger partial charge in [0.2, 0.25) is 0 Å². The number of hydrogen-bond donors (Lipinski definition) is 4. The van der Waals surface area contributed by atoms with Gasteiger partial charge in [-0.1, -0.05) is 19.8 Å². The van der Waals surface area contributed by atoms with Gasteiger partial charge in [-0.05, 0) is 19.4 Å². The fourth-order valence-electron chi connectivity index (χ4n) is 0.833. The van der Waals surface area contributed by atoms with Crippen LogP contribution in [-0.2, 0) is 0 Å². The van der Waals surface area contributed by atoms with E-state index in [0.29, 0.717) is 0 Å². The average Bonchev–Trinajstić information content (AvgIpc) is 2.22. The molecule has 14 heavy (non-hydrogen) atoms. The van der Waals surface area contributed by atoms with Crippen molar-refractivity contribution in [3.8, 4) is 0 Å². The van der Waals surface area contributed by atoms with Gasteiger partial charge in [0.05, 0.1) is 6.61 Å². The largest absolute Gasteiger partial charge is 0.396 e. The molecule has 0 bridgehead atoms. The van der Waals surface area contributed by atoms with Gasteiger partial charge in [0.1, 0.15) is 0 Å². The lowest BCUT2D eigenvalue weighted by atomic mass is 10.2. The van der Waals surface area contributed by atoms with E-state index in [1.54, 1.807) is 0 Å². The standard InChI is InChI=1S/C6H14O2.C4H11NO/c7-5-3-1-2-4-6-8;1-2-5-3-4-6/h7-8H,1-6H2;5-6H,2-4H2,1H3. The third-order valence-electron chi connectivity index (χ3n) is 1.60. The molecule has 0 aliphatic heterocycles. The van der Waals surface area contributed by atoms with E-state index in [4.69, 9.17) is 15.3 Å². The molecule has 0 aromatic heterocycles. The molecule has 0 aliphatic rings. The molecule has 88 valence electrons. The zero-order valence-electron chi connectivity index (χ0n) is 9.21. The van der Waals surface area contributed by atoms with E-state index in [1.165, 1.54) is 0 Å².